The molecule has 1 aliphatic heterocycles. The van der Waals surface area contributed by atoms with Gasteiger partial charge in [-0.3, -0.25) is 4.98 Å². The number of hydrogen-bond donors (Lipinski definition) is 0. The van der Waals surface area contributed by atoms with Gasteiger partial charge in [-0.15, -0.1) is 22.6 Å². The molecule has 0 amide bonds. The van der Waals surface area contributed by atoms with E-state index in [1.165, 1.54) is 18.5 Å². The fourth-order valence-electron chi connectivity index (χ4n) is 5.66. The van der Waals surface area contributed by atoms with E-state index in [1.54, 1.807) is 11.8 Å². The van der Waals surface area contributed by atoms with Gasteiger partial charge < -0.3 is 9.47 Å². The van der Waals surface area contributed by atoms with Crippen molar-refractivity contribution in [1.82, 2.24) is 24.6 Å². The SMILES string of the molecule is Cc1ccc2c(-c3nnc(SCCCN4C[C@@H]5C[C@]5(c5ccc(C#N)cc5)C4)n3C)cccc2n1.Cl. The van der Waals surface area contributed by atoms with Gasteiger partial charge in [-0.05, 0) is 62.1 Å². The highest BCUT2D eigenvalue weighted by Crippen LogP contribution is 2.58. The molecule has 0 N–H and O–H groups in total. The molecule has 2 aliphatic rings. The molecule has 2 fully saturated rings. The molecule has 1 saturated heterocycles. The predicted molar refractivity (Wildman–Crippen MR) is 146 cm³/mol. The molecule has 0 spiro atoms. The van der Waals surface area contributed by atoms with E-state index < -0.39 is 0 Å². The molecule has 2 aromatic carbocycles. The summed E-state index contributed by atoms with van der Waals surface area (Å²) in [6.07, 6.45) is 2.41. The van der Waals surface area contributed by atoms with Gasteiger partial charge >= 0.3 is 0 Å². The fraction of sp³-hybridized carbons (Fsp3) is 0.357. The Morgan fingerprint density at radius 2 is 1.94 bits per heavy atom. The zero-order valence-corrected chi connectivity index (χ0v) is 22.1. The van der Waals surface area contributed by atoms with E-state index in [0.717, 1.165) is 69.9 Å². The van der Waals surface area contributed by atoms with Gasteiger partial charge in [0.2, 0.25) is 0 Å². The number of nitrogens with zero attached hydrogens (tertiary/aromatic N) is 6. The molecule has 0 radical (unpaired) electrons. The van der Waals surface area contributed by atoms with Gasteiger partial charge in [0.05, 0.1) is 17.1 Å². The van der Waals surface area contributed by atoms with Gasteiger partial charge in [0.15, 0.2) is 11.0 Å². The van der Waals surface area contributed by atoms with Crippen LogP contribution < -0.4 is 0 Å². The van der Waals surface area contributed by atoms with E-state index in [1.807, 2.05) is 44.3 Å². The number of aryl methyl sites for hydroxylation is 1. The molecular weight excluding hydrogens is 488 g/mol. The van der Waals surface area contributed by atoms with Gasteiger partial charge in [-0.2, -0.15) is 5.26 Å². The molecule has 2 atom stereocenters. The number of benzene rings is 2. The lowest BCUT2D eigenvalue weighted by molar-refractivity contribution is 0.299. The van der Waals surface area contributed by atoms with Crippen molar-refractivity contribution in [3.05, 3.63) is 71.4 Å². The number of pyridine rings is 1. The third-order valence-corrected chi connectivity index (χ3v) is 8.71. The van der Waals surface area contributed by atoms with Crippen LogP contribution in [0.25, 0.3) is 22.3 Å². The number of hydrogen-bond acceptors (Lipinski definition) is 6. The van der Waals surface area contributed by atoms with Crippen LogP contribution in [0.2, 0.25) is 0 Å². The molecule has 2 aromatic heterocycles. The Hall–Kier alpha value is -2.92. The molecule has 4 aromatic rings. The molecule has 0 bridgehead atoms. The van der Waals surface area contributed by atoms with Crippen LogP contribution in [0, 0.1) is 24.2 Å². The first-order valence-electron chi connectivity index (χ1n) is 12.2. The second-order valence-corrected chi connectivity index (χ2v) is 10.9. The van der Waals surface area contributed by atoms with Crippen LogP contribution in [0.1, 0.15) is 29.7 Å². The van der Waals surface area contributed by atoms with Gasteiger partial charge in [0.25, 0.3) is 0 Å². The number of rotatable bonds is 7. The number of likely N-dealkylation sites (tertiary alicyclic amines) is 1. The summed E-state index contributed by atoms with van der Waals surface area (Å²) in [7, 11) is 2.05. The number of nitriles is 1. The normalized spacial score (nSPS) is 20.6. The minimum Gasteiger partial charge on any atom is -0.305 e. The number of fused-ring (bicyclic) bond motifs is 2. The molecule has 36 heavy (non-hydrogen) atoms. The molecule has 3 heterocycles. The van der Waals surface area contributed by atoms with Crippen molar-refractivity contribution in [2.24, 2.45) is 13.0 Å². The summed E-state index contributed by atoms with van der Waals surface area (Å²) in [5.41, 5.74) is 5.55. The van der Waals surface area contributed by atoms with Crippen molar-refractivity contribution in [1.29, 1.82) is 5.26 Å². The van der Waals surface area contributed by atoms with Crippen LogP contribution in [-0.2, 0) is 12.5 Å². The van der Waals surface area contributed by atoms with Crippen molar-refractivity contribution < 1.29 is 0 Å². The molecule has 184 valence electrons. The van der Waals surface area contributed by atoms with E-state index in [0.29, 0.717) is 5.41 Å². The highest BCUT2D eigenvalue weighted by atomic mass is 35.5. The molecule has 0 unspecified atom stereocenters. The maximum atomic E-state index is 9.07. The second kappa shape index (κ2) is 9.85. The smallest absolute Gasteiger partial charge is 0.191 e. The van der Waals surface area contributed by atoms with Crippen molar-refractivity contribution in [2.75, 3.05) is 25.4 Å². The maximum absolute atomic E-state index is 9.07. The molecular formula is C28H29ClN6S. The Balaban J connectivity index is 0.00000267. The highest BCUT2D eigenvalue weighted by molar-refractivity contribution is 7.99. The minimum atomic E-state index is 0. The molecule has 8 heteroatoms. The van der Waals surface area contributed by atoms with Crippen LogP contribution in [0.3, 0.4) is 0 Å². The summed E-state index contributed by atoms with van der Waals surface area (Å²) in [6.45, 7) is 5.45. The average molecular weight is 517 g/mol. The van der Waals surface area contributed by atoms with Crippen LogP contribution >= 0.6 is 24.2 Å². The van der Waals surface area contributed by atoms with E-state index in [9.17, 15) is 0 Å². The number of piperidine rings is 1. The van der Waals surface area contributed by atoms with Gasteiger partial charge in [0, 0.05) is 47.9 Å². The summed E-state index contributed by atoms with van der Waals surface area (Å²) in [5.74, 6) is 2.67. The Kier molecular flexibility index (Phi) is 6.78. The average Bonchev–Trinajstić information content (AvgIpc) is 3.25. The van der Waals surface area contributed by atoms with E-state index in [2.05, 4.69) is 55.0 Å². The summed E-state index contributed by atoms with van der Waals surface area (Å²) in [6, 6.07) is 20.8. The first kappa shape index (κ1) is 24.8. The van der Waals surface area contributed by atoms with Crippen LogP contribution in [0.4, 0.5) is 0 Å². The van der Waals surface area contributed by atoms with Gasteiger partial charge in [-0.1, -0.05) is 42.1 Å². The monoisotopic (exact) mass is 516 g/mol. The van der Waals surface area contributed by atoms with Crippen molar-refractivity contribution in [3.8, 4) is 17.5 Å². The lowest BCUT2D eigenvalue weighted by Crippen LogP contribution is -2.27. The Morgan fingerprint density at radius 3 is 2.75 bits per heavy atom. The van der Waals surface area contributed by atoms with Crippen molar-refractivity contribution in [2.45, 2.75) is 30.3 Å². The van der Waals surface area contributed by atoms with Crippen molar-refractivity contribution >= 4 is 35.1 Å². The van der Waals surface area contributed by atoms with Crippen LogP contribution in [-0.4, -0.2) is 50.0 Å². The van der Waals surface area contributed by atoms with Crippen molar-refractivity contribution in [3.63, 3.8) is 0 Å². The number of aromatic nitrogens is 4. The standard InChI is InChI=1S/C28H28N6S.ClH/c1-19-7-12-23-24(5-3-6-25(23)30-19)26-31-32-27(33(26)2)35-14-4-13-34-17-22-15-28(22,18-34)21-10-8-20(16-29)9-11-21;/h3,5-12,22H,4,13-15,17-18H2,1-2H3;1H/t22-,28+;/m0./s1. The van der Waals surface area contributed by atoms with E-state index in [4.69, 9.17) is 5.26 Å². The van der Waals surface area contributed by atoms with Crippen LogP contribution in [0.5, 0.6) is 0 Å². The molecule has 6 nitrogen and oxygen atoms in total. The summed E-state index contributed by atoms with van der Waals surface area (Å²) in [5, 5.41) is 20.1. The van der Waals surface area contributed by atoms with Crippen LogP contribution in [0.15, 0.2) is 59.8 Å². The zero-order valence-electron chi connectivity index (χ0n) is 20.5. The fourth-order valence-corrected chi connectivity index (χ4v) is 6.49. The van der Waals surface area contributed by atoms with E-state index >= 15 is 0 Å². The quantitative estimate of drug-likeness (QED) is 0.242. The lowest BCUT2D eigenvalue weighted by Gasteiger charge is -2.21. The van der Waals surface area contributed by atoms with Gasteiger partial charge in [0.1, 0.15) is 0 Å². The first-order valence-corrected chi connectivity index (χ1v) is 13.2. The minimum absolute atomic E-state index is 0. The largest absolute Gasteiger partial charge is 0.305 e. The molecule has 1 aliphatic carbocycles. The summed E-state index contributed by atoms with van der Waals surface area (Å²) < 4.78 is 2.10. The Bertz CT molecular complexity index is 1440. The first-order chi connectivity index (χ1) is 17.1. The Morgan fingerprint density at radius 1 is 1.11 bits per heavy atom. The highest BCUT2D eigenvalue weighted by Gasteiger charge is 2.60. The third-order valence-electron chi connectivity index (χ3n) is 7.60. The topological polar surface area (TPSA) is 70.6 Å². The van der Waals surface area contributed by atoms with Gasteiger partial charge in [-0.25, -0.2) is 0 Å². The second-order valence-electron chi connectivity index (χ2n) is 9.87. The molecule has 1 saturated carbocycles. The number of halogens is 1. The number of thioether (sulfide) groups is 1. The summed E-state index contributed by atoms with van der Waals surface area (Å²) >= 11 is 1.78. The lowest BCUT2D eigenvalue weighted by atomic mass is 9.94. The maximum Gasteiger partial charge on any atom is 0.191 e. The zero-order chi connectivity index (χ0) is 24.0. The molecule has 6 rings (SSSR count). The third kappa shape index (κ3) is 4.39. The summed E-state index contributed by atoms with van der Waals surface area (Å²) in [4.78, 5) is 7.27. The Labute approximate surface area is 222 Å². The van der Waals surface area contributed by atoms with E-state index in [-0.39, 0.29) is 12.4 Å². The predicted octanol–water partition coefficient (Wildman–Crippen LogP) is 5.39.